The molecular formula is C18H37NO. The van der Waals surface area contributed by atoms with Crippen LogP contribution >= 0.6 is 0 Å². The Labute approximate surface area is 127 Å². The summed E-state index contributed by atoms with van der Waals surface area (Å²) in [7, 11) is 1.85. The van der Waals surface area contributed by atoms with Gasteiger partial charge in [-0.15, -0.1) is 0 Å². The molecule has 0 aliphatic heterocycles. The zero-order chi connectivity index (χ0) is 14.5. The van der Waals surface area contributed by atoms with Crippen molar-refractivity contribution >= 4 is 0 Å². The lowest BCUT2D eigenvalue weighted by Crippen LogP contribution is -2.37. The predicted octanol–water partition coefficient (Wildman–Crippen LogP) is 5.06. The lowest BCUT2D eigenvalue weighted by Gasteiger charge is -2.19. The van der Waals surface area contributed by atoms with Crippen molar-refractivity contribution in [3.05, 3.63) is 0 Å². The van der Waals surface area contributed by atoms with E-state index in [4.69, 9.17) is 4.74 Å². The molecule has 1 fully saturated rings. The molecular weight excluding hydrogens is 246 g/mol. The van der Waals surface area contributed by atoms with Gasteiger partial charge in [-0.2, -0.15) is 0 Å². The Bertz CT molecular complexity index is 208. The fourth-order valence-electron chi connectivity index (χ4n) is 3.34. The summed E-state index contributed by atoms with van der Waals surface area (Å²) in [5, 5.41) is 3.68. The summed E-state index contributed by atoms with van der Waals surface area (Å²) in [6, 6.07) is 0.624. The summed E-state index contributed by atoms with van der Waals surface area (Å²) in [4.78, 5) is 0. The molecule has 2 heteroatoms. The molecule has 120 valence electrons. The minimum absolute atomic E-state index is 0.470. The van der Waals surface area contributed by atoms with E-state index in [-0.39, 0.29) is 0 Å². The lowest BCUT2D eigenvalue weighted by atomic mass is 10.1. The van der Waals surface area contributed by atoms with E-state index in [0.717, 1.165) is 0 Å². The van der Waals surface area contributed by atoms with Crippen LogP contribution in [-0.4, -0.2) is 25.8 Å². The van der Waals surface area contributed by atoms with Crippen LogP contribution in [0, 0.1) is 0 Å². The average Bonchev–Trinajstić information content (AvgIpc) is 2.92. The normalized spacial score (nSPS) is 22.5. The fraction of sp³-hybridized carbons (Fsp3) is 1.00. The highest BCUT2D eigenvalue weighted by molar-refractivity contribution is 4.83. The van der Waals surface area contributed by atoms with Crippen LogP contribution in [0.5, 0.6) is 0 Å². The molecule has 2 unspecified atom stereocenters. The number of unbranched alkanes of at least 4 members (excludes halogenated alkanes) is 9. The Hall–Kier alpha value is -0.0800. The quantitative estimate of drug-likeness (QED) is 0.477. The van der Waals surface area contributed by atoms with Crippen molar-refractivity contribution in [1.82, 2.24) is 5.32 Å². The fourth-order valence-corrected chi connectivity index (χ4v) is 3.34. The summed E-state index contributed by atoms with van der Waals surface area (Å²) in [5.74, 6) is 0. The van der Waals surface area contributed by atoms with Crippen LogP contribution < -0.4 is 5.32 Å². The van der Waals surface area contributed by atoms with Gasteiger partial charge in [-0.25, -0.2) is 0 Å². The standard InChI is InChI=1S/C18H37NO/c1-3-4-5-6-7-8-9-10-11-12-16-19-17-14-13-15-18(17)20-2/h17-19H,3-16H2,1-2H3. The maximum absolute atomic E-state index is 5.51. The van der Waals surface area contributed by atoms with Crippen LogP contribution in [0.2, 0.25) is 0 Å². The van der Waals surface area contributed by atoms with Crippen LogP contribution in [0.15, 0.2) is 0 Å². The number of hydrogen-bond acceptors (Lipinski definition) is 2. The molecule has 0 aromatic rings. The molecule has 2 atom stereocenters. The highest BCUT2D eigenvalue weighted by Gasteiger charge is 2.25. The van der Waals surface area contributed by atoms with Crippen LogP contribution in [0.4, 0.5) is 0 Å². The van der Waals surface area contributed by atoms with Gasteiger partial charge in [0.2, 0.25) is 0 Å². The zero-order valence-corrected chi connectivity index (χ0v) is 14.0. The molecule has 0 radical (unpaired) electrons. The number of rotatable bonds is 13. The molecule has 20 heavy (non-hydrogen) atoms. The van der Waals surface area contributed by atoms with E-state index in [0.29, 0.717) is 12.1 Å². The Morgan fingerprint density at radius 3 is 2.05 bits per heavy atom. The van der Waals surface area contributed by atoms with E-state index < -0.39 is 0 Å². The van der Waals surface area contributed by atoms with Gasteiger partial charge >= 0.3 is 0 Å². The summed E-state index contributed by atoms with van der Waals surface area (Å²) in [6.45, 7) is 3.47. The first-order valence-electron chi connectivity index (χ1n) is 9.14. The Kier molecular flexibility index (Phi) is 11.4. The molecule has 0 spiro atoms. The molecule has 2 nitrogen and oxygen atoms in total. The van der Waals surface area contributed by atoms with Gasteiger partial charge in [-0.05, 0) is 32.2 Å². The molecule has 0 heterocycles. The van der Waals surface area contributed by atoms with Crippen molar-refractivity contribution < 1.29 is 4.74 Å². The van der Waals surface area contributed by atoms with E-state index in [1.807, 2.05) is 7.11 Å². The lowest BCUT2D eigenvalue weighted by molar-refractivity contribution is 0.0852. The molecule has 1 aliphatic rings. The highest BCUT2D eigenvalue weighted by atomic mass is 16.5. The SMILES string of the molecule is CCCCCCCCCCCCNC1CCCC1OC. The maximum atomic E-state index is 5.51. The summed E-state index contributed by atoms with van der Waals surface area (Å²) in [6.07, 6.45) is 18.5. The molecule has 0 bridgehead atoms. The van der Waals surface area contributed by atoms with Crippen molar-refractivity contribution in [3.8, 4) is 0 Å². The monoisotopic (exact) mass is 283 g/mol. The Morgan fingerprint density at radius 1 is 0.850 bits per heavy atom. The zero-order valence-electron chi connectivity index (χ0n) is 14.0. The molecule has 1 saturated carbocycles. The molecule has 1 rings (SSSR count). The van der Waals surface area contributed by atoms with Crippen molar-refractivity contribution in [3.63, 3.8) is 0 Å². The number of ether oxygens (including phenoxy) is 1. The van der Waals surface area contributed by atoms with Gasteiger partial charge in [0.1, 0.15) is 0 Å². The third-order valence-corrected chi connectivity index (χ3v) is 4.69. The second kappa shape index (κ2) is 12.6. The van der Waals surface area contributed by atoms with E-state index in [1.54, 1.807) is 0 Å². The van der Waals surface area contributed by atoms with Gasteiger partial charge in [0, 0.05) is 13.2 Å². The number of methoxy groups -OCH3 is 1. The van der Waals surface area contributed by atoms with E-state index in [9.17, 15) is 0 Å². The van der Waals surface area contributed by atoms with E-state index >= 15 is 0 Å². The van der Waals surface area contributed by atoms with Gasteiger partial charge in [0.05, 0.1) is 6.10 Å². The topological polar surface area (TPSA) is 21.3 Å². The molecule has 1 N–H and O–H groups in total. The van der Waals surface area contributed by atoms with Crippen LogP contribution in [-0.2, 0) is 4.74 Å². The minimum atomic E-state index is 0.470. The van der Waals surface area contributed by atoms with Gasteiger partial charge < -0.3 is 10.1 Å². The van der Waals surface area contributed by atoms with Gasteiger partial charge in [0.15, 0.2) is 0 Å². The van der Waals surface area contributed by atoms with Crippen LogP contribution in [0.25, 0.3) is 0 Å². The molecule has 0 aromatic heterocycles. The van der Waals surface area contributed by atoms with Crippen LogP contribution in [0.3, 0.4) is 0 Å². The summed E-state index contributed by atoms with van der Waals surface area (Å²) in [5.41, 5.74) is 0. The molecule has 0 amide bonds. The molecule has 0 saturated heterocycles. The summed E-state index contributed by atoms with van der Waals surface area (Å²) < 4.78 is 5.51. The number of nitrogens with one attached hydrogen (secondary N) is 1. The van der Waals surface area contributed by atoms with Crippen LogP contribution in [0.1, 0.15) is 90.4 Å². The third-order valence-electron chi connectivity index (χ3n) is 4.69. The second-order valence-electron chi connectivity index (χ2n) is 6.45. The first-order valence-corrected chi connectivity index (χ1v) is 9.14. The predicted molar refractivity (Wildman–Crippen MR) is 88.3 cm³/mol. The molecule has 0 aromatic carbocycles. The maximum Gasteiger partial charge on any atom is 0.0724 e. The van der Waals surface area contributed by atoms with Gasteiger partial charge in [-0.1, -0.05) is 64.7 Å². The first kappa shape index (κ1) is 18.0. The highest BCUT2D eigenvalue weighted by Crippen LogP contribution is 2.21. The van der Waals surface area contributed by atoms with Crippen molar-refractivity contribution in [2.75, 3.05) is 13.7 Å². The van der Waals surface area contributed by atoms with E-state index in [2.05, 4.69) is 12.2 Å². The largest absolute Gasteiger partial charge is 0.380 e. The Balaban J connectivity index is 1.78. The first-order chi connectivity index (χ1) is 9.88. The third kappa shape index (κ3) is 8.26. The summed E-state index contributed by atoms with van der Waals surface area (Å²) >= 11 is 0. The average molecular weight is 284 g/mol. The van der Waals surface area contributed by atoms with Crippen molar-refractivity contribution in [1.29, 1.82) is 0 Å². The van der Waals surface area contributed by atoms with E-state index in [1.165, 1.54) is 90.0 Å². The van der Waals surface area contributed by atoms with Crippen molar-refractivity contribution in [2.24, 2.45) is 0 Å². The minimum Gasteiger partial charge on any atom is -0.380 e. The van der Waals surface area contributed by atoms with Crippen molar-refractivity contribution in [2.45, 2.75) is 103 Å². The Morgan fingerprint density at radius 2 is 1.45 bits per heavy atom. The van der Waals surface area contributed by atoms with Gasteiger partial charge in [-0.3, -0.25) is 0 Å². The molecule has 1 aliphatic carbocycles. The smallest absolute Gasteiger partial charge is 0.0724 e. The number of hydrogen-bond donors (Lipinski definition) is 1. The van der Waals surface area contributed by atoms with Gasteiger partial charge in [0.25, 0.3) is 0 Å². The second-order valence-corrected chi connectivity index (χ2v) is 6.45.